The minimum atomic E-state index is -0.652. The Balaban J connectivity index is 2.02. The van der Waals surface area contributed by atoms with Crippen molar-refractivity contribution in [3.63, 3.8) is 0 Å². The molecule has 0 saturated heterocycles. The highest BCUT2D eigenvalue weighted by atomic mass is 32.1. The summed E-state index contributed by atoms with van der Waals surface area (Å²) in [6, 6.07) is 4.00. The molecule has 0 aromatic carbocycles. The number of hydrogen-bond donors (Lipinski definition) is 1. The number of anilines is 1. The number of nitrogens with zero attached hydrogens (tertiary/aromatic N) is 1. The van der Waals surface area contributed by atoms with Crippen LogP contribution in [0.5, 0.6) is 0 Å². The lowest BCUT2D eigenvalue weighted by Gasteiger charge is -2.21. The summed E-state index contributed by atoms with van der Waals surface area (Å²) in [6.45, 7) is 0.628. The second-order valence-electron chi connectivity index (χ2n) is 3.89. The molecule has 1 aromatic rings. The second-order valence-corrected chi connectivity index (χ2v) is 4.82. The third-order valence-corrected chi connectivity index (χ3v) is 3.71. The van der Waals surface area contributed by atoms with E-state index in [0.717, 1.165) is 17.8 Å². The molecule has 0 unspecified atom stereocenters. The van der Waals surface area contributed by atoms with Crippen LogP contribution >= 0.6 is 11.3 Å². The Bertz CT molecular complexity index is 330. The molecule has 1 N–H and O–H groups in total. The van der Waals surface area contributed by atoms with Crippen molar-refractivity contribution in [2.24, 2.45) is 5.41 Å². The van der Waals surface area contributed by atoms with Crippen LogP contribution in [-0.2, 0) is 4.79 Å². The molecule has 0 spiro atoms. The molecule has 1 aliphatic rings. The van der Waals surface area contributed by atoms with Gasteiger partial charge >= 0.3 is 5.97 Å². The van der Waals surface area contributed by atoms with Crippen molar-refractivity contribution in [2.45, 2.75) is 12.8 Å². The van der Waals surface area contributed by atoms with Gasteiger partial charge in [-0.25, -0.2) is 0 Å². The van der Waals surface area contributed by atoms with Gasteiger partial charge in [-0.1, -0.05) is 0 Å². The quantitative estimate of drug-likeness (QED) is 0.828. The average molecular weight is 211 g/mol. The predicted molar refractivity (Wildman–Crippen MR) is 56.9 cm³/mol. The van der Waals surface area contributed by atoms with E-state index in [0.29, 0.717) is 6.54 Å². The maximum Gasteiger partial charge on any atom is 0.311 e. The standard InChI is InChI=1S/C10H13NO2S/c1-11(8-3-2-6-14-8)7-10(4-5-10)9(12)13/h2-3,6H,4-5,7H2,1H3,(H,12,13). The van der Waals surface area contributed by atoms with E-state index in [4.69, 9.17) is 5.11 Å². The second kappa shape index (κ2) is 3.28. The molecule has 0 amide bonds. The topological polar surface area (TPSA) is 40.5 Å². The smallest absolute Gasteiger partial charge is 0.311 e. The normalized spacial score (nSPS) is 17.8. The first-order chi connectivity index (χ1) is 6.64. The van der Waals surface area contributed by atoms with Gasteiger partial charge in [0.05, 0.1) is 10.4 Å². The van der Waals surface area contributed by atoms with Crippen molar-refractivity contribution in [1.29, 1.82) is 0 Å². The van der Waals surface area contributed by atoms with Gasteiger partial charge in [0.25, 0.3) is 0 Å². The Morgan fingerprint density at radius 2 is 2.43 bits per heavy atom. The van der Waals surface area contributed by atoms with Crippen LogP contribution < -0.4 is 4.90 Å². The molecule has 0 bridgehead atoms. The molecule has 1 fully saturated rings. The summed E-state index contributed by atoms with van der Waals surface area (Å²) < 4.78 is 0. The monoisotopic (exact) mass is 211 g/mol. The van der Waals surface area contributed by atoms with Gasteiger partial charge in [-0.15, -0.1) is 11.3 Å². The molecule has 0 aliphatic heterocycles. The number of carbonyl (C=O) groups is 1. The van der Waals surface area contributed by atoms with Crippen LogP contribution in [0, 0.1) is 5.41 Å². The Morgan fingerprint density at radius 1 is 1.71 bits per heavy atom. The Morgan fingerprint density at radius 3 is 2.86 bits per heavy atom. The summed E-state index contributed by atoms with van der Waals surface area (Å²) in [4.78, 5) is 13.0. The number of aliphatic carboxylic acids is 1. The van der Waals surface area contributed by atoms with E-state index in [2.05, 4.69) is 0 Å². The summed E-state index contributed by atoms with van der Waals surface area (Å²) in [5.41, 5.74) is -0.460. The van der Waals surface area contributed by atoms with E-state index in [1.54, 1.807) is 11.3 Å². The maximum atomic E-state index is 11.0. The van der Waals surface area contributed by atoms with Gasteiger partial charge < -0.3 is 10.0 Å². The molecule has 0 atom stereocenters. The molecule has 1 heterocycles. The molecule has 14 heavy (non-hydrogen) atoms. The molecule has 1 aliphatic carbocycles. The summed E-state index contributed by atoms with van der Waals surface area (Å²) in [5.74, 6) is -0.652. The molecule has 1 aromatic heterocycles. The van der Waals surface area contributed by atoms with Crippen LogP contribution in [0.4, 0.5) is 5.00 Å². The number of thiophene rings is 1. The molecule has 2 rings (SSSR count). The highest BCUT2D eigenvalue weighted by Crippen LogP contribution is 2.47. The predicted octanol–water partition coefficient (Wildman–Crippen LogP) is 2.05. The van der Waals surface area contributed by atoms with Crippen LogP contribution in [0.3, 0.4) is 0 Å². The van der Waals surface area contributed by atoms with Crippen LogP contribution in [0.25, 0.3) is 0 Å². The van der Waals surface area contributed by atoms with Crippen LogP contribution in [0.15, 0.2) is 17.5 Å². The molecule has 4 heteroatoms. The lowest BCUT2D eigenvalue weighted by Crippen LogP contribution is -2.31. The summed E-state index contributed by atoms with van der Waals surface area (Å²) >= 11 is 1.64. The van der Waals surface area contributed by atoms with E-state index < -0.39 is 11.4 Å². The first-order valence-electron chi connectivity index (χ1n) is 4.62. The molecule has 1 saturated carbocycles. The third kappa shape index (κ3) is 1.62. The fraction of sp³-hybridized carbons (Fsp3) is 0.500. The Hall–Kier alpha value is -1.03. The van der Waals surface area contributed by atoms with Crippen LogP contribution in [-0.4, -0.2) is 24.7 Å². The number of carboxylic acids is 1. The Kier molecular flexibility index (Phi) is 2.23. The number of carboxylic acid groups (broad SMARTS) is 1. The van der Waals surface area contributed by atoms with Gasteiger partial charge in [-0.3, -0.25) is 4.79 Å². The summed E-state index contributed by atoms with van der Waals surface area (Å²) in [7, 11) is 1.95. The zero-order valence-corrected chi connectivity index (χ0v) is 8.88. The summed E-state index contributed by atoms with van der Waals surface area (Å²) in [6.07, 6.45) is 1.64. The van der Waals surface area contributed by atoms with Gasteiger partial charge in [0, 0.05) is 13.6 Å². The van der Waals surface area contributed by atoms with Crippen LogP contribution in [0.1, 0.15) is 12.8 Å². The van der Waals surface area contributed by atoms with Gasteiger partial charge in [-0.2, -0.15) is 0 Å². The highest BCUT2D eigenvalue weighted by molar-refractivity contribution is 7.14. The van der Waals surface area contributed by atoms with Crippen molar-refractivity contribution in [3.8, 4) is 0 Å². The van der Waals surface area contributed by atoms with Gasteiger partial charge in [0.2, 0.25) is 0 Å². The zero-order valence-electron chi connectivity index (χ0n) is 8.06. The Labute approximate surface area is 87.0 Å². The minimum absolute atomic E-state index is 0.460. The van der Waals surface area contributed by atoms with E-state index in [1.165, 1.54) is 0 Å². The van der Waals surface area contributed by atoms with E-state index in [-0.39, 0.29) is 0 Å². The molecule has 76 valence electrons. The van der Waals surface area contributed by atoms with Crippen molar-refractivity contribution < 1.29 is 9.90 Å². The molecular weight excluding hydrogens is 198 g/mol. The van der Waals surface area contributed by atoms with Gasteiger partial charge in [0.1, 0.15) is 0 Å². The fourth-order valence-corrected chi connectivity index (χ4v) is 2.31. The maximum absolute atomic E-state index is 11.0. The van der Waals surface area contributed by atoms with Gasteiger partial charge in [-0.05, 0) is 30.4 Å². The van der Waals surface area contributed by atoms with Crippen molar-refractivity contribution >= 4 is 22.3 Å². The van der Waals surface area contributed by atoms with Gasteiger partial charge in [0.15, 0.2) is 0 Å². The number of hydrogen-bond acceptors (Lipinski definition) is 3. The summed E-state index contributed by atoms with van der Waals surface area (Å²) in [5, 5.41) is 12.2. The average Bonchev–Trinajstić information content (AvgIpc) is 2.74. The SMILES string of the molecule is CN(CC1(C(=O)O)CC1)c1cccs1. The minimum Gasteiger partial charge on any atom is -0.481 e. The molecule has 0 radical (unpaired) electrons. The fourth-order valence-electron chi connectivity index (χ4n) is 1.61. The van der Waals surface area contributed by atoms with Crippen LogP contribution in [0.2, 0.25) is 0 Å². The van der Waals surface area contributed by atoms with E-state index in [1.807, 2.05) is 29.5 Å². The lowest BCUT2D eigenvalue weighted by molar-refractivity contribution is -0.142. The van der Waals surface area contributed by atoms with E-state index >= 15 is 0 Å². The molecular formula is C10H13NO2S. The first kappa shape index (κ1) is 9.52. The first-order valence-corrected chi connectivity index (χ1v) is 5.50. The van der Waals surface area contributed by atoms with Crippen molar-refractivity contribution in [2.75, 3.05) is 18.5 Å². The van der Waals surface area contributed by atoms with Crippen molar-refractivity contribution in [1.82, 2.24) is 0 Å². The van der Waals surface area contributed by atoms with E-state index in [9.17, 15) is 4.79 Å². The molecule has 3 nitrogen and oxygen atoms in total. The lowest BCUT2D eigenvalue weighted by atomic mass is 10.1. The zero-order chi connectivity index (χ0) is 10.2. The number of rotatable bonds is 4. The van der Waals surface area contributed by atoms with Crippen molar-refractivity contribution in [3.05, 3.63) is 17.5 Å². The third-order valence-electron chi connectivity index (χ3n) is 2.73. The largest absolute Gasteiger partial charge is 0.481 e. The highest BCUT2D eigenvalue weighted by Gasteiger charge is 2.50.